The fraction of sp³-hybridized carbons (Fsp3) is 0.333. The Morgan fingerprint density at radius 3 is 1.36 bits per heavy atom. The van der Waals surface area contributed by atoms with E-state index in [0.29, 0.717) is 0 Å². The van der Waals surface area contributed by atoms with E-state index in [1.165, 1.54) is 15.9 Å². The Morgan fingerprint density at radius 1 is 0.667 bits per heavy atom. The molecule has 0 radical (unpaired) electrons. The molecule has 8 N–H and O–H groups in total. The van der Waals surface area contributed by atoms with Crippen LogP contribution in [0, 0.1) is 5.41 Å². The number of rotatable bonds is 10. The van der Waals surface area contributed by atoms with E-state index in [-0.39, 0.29) is 11.0 Å². The Hall–Kier alpha value is -2.11. The van der Waals surface area contributed by atoms with Crippen molar-refractivity contribution in [3.05, 3.63) is 91.0 Å². The van der Waals surface area contributed by atoms with E-state index in [1.54, 1.807) is 0 Å². The summed E-state index contributed by atoms with van der Waals surface area (Å²) >= 11 is 0. The van der Waals surface area contributed by atoms with Gasteiger partial charge in [-0.05, 0) is 0 Å². The van der Waals surface area contributed by atoms with Crippen molar-refractivity contribution in [2.75, 3.05) is 6.16 Å². The average Bonchev–Trinajstić information content (AvgIpc) is 2.78. The Bertz CT molecular complexity index is 894. The molecule has 0 bridgehead atoms. The molecule has 0 aliphatic rings. The van der Waals surface area contributed by atoms with E-state index in [1.807, 2.05) is 0 Å². The van der Waals surface area contributed by atoms with Gasteiger partial charge in [0.05, 0.1) is 0 Å². The van der Waals surface area contributed by atoms with Crippen LogP contribution in [0.2, 0.25) is 0 Å². The molecule has 0 saturated heterocycles. The van der Waals surface area contributed by atoms with Gasteiger partial charge in [0, 0.05) is 0 Å². The SMILES string of the molecule is CC(C)(C[PH](c1ccccc1)(c1ccccc1)c1ccccc1)C(C)(C)NC(N)NC(N)N. The zero-order valence-corrected chi connectivity index (χ0v) is 21.3. The summed E-state index contributed by atoms with van der Waals surface area (Å²) in [7, 11) is -2.40. The zero-order valence-electron chi connectivity index (χ0n) is 20.3. The molecule has 0 amide bonds. The summed E-state index contributed by atoms with van der Waals surface area (Å²) in [6.07, 6.45) is -0.210. The molecule has 0 fully saturated rings. The molecule has 0 heterocycles. The number of hydrogen-bond donors (Lipinski definition) is 5. The summed E-state index contributed by atoms with van der Waals surface area (Å²) < 4.78 is 0. The Kier molecular flexibility index (Phi) is 8.07. The average molecular weight is 466 g/mol. The van der Waals surface area contributed by atoms with Crippen LogP contribution in [-0.2, 0) is 0 Å². The van der Waals surface area contributed by atoms with E-state index in [4.69, 9.17) is 17.2 Å². The maximum absolute atomic E-state index is 6.28. The molecule has 33 heavy (non-hydrogen) atoms. The molecule has 3 rings (SSSR count). The van der Waals surface area contributed by atoms with Gasteiger partial charge < -0.3 is 0 Å². The Labute approximate surface area is 199 Å². The van der Waals surface area contributed by atoms with E-state index in [0.717, 1.165) is 6.16 Å². The van der Waals surface area contributed by atoms with Crippen LogP contribution >= 0.6 is 7.26 Å². The summed E-state index contributed by atoms with van der Waals surface area (Å²) in [6.45, 7) is 9.06. The van der Waals surface area contributed by atoms with Crippen LogP contribution in [0.5, 0.6) is 0 Å². The molecule has 0 saturated carbocycles. The molecule has 1 atom stereocenters. The molecule has 0 aliphatic carbocycles. The molecule has 0 aromatic heterocycles. The number of nitrogens with two attached hydrogens (primary N) is 3. The minimum atomic E-state index is -2.40. The van der Waals surface area contributed by atoms with Crippen molar-refractivity contribution in [1.82, 2.24) is 10.6 Å². The first kappa shape index (κ1) is 25.5. The van der Waals surface area contributed by atoms with Crippen LogP contribution in [0.1, 0.15) is 27.7 Å². The fourth-order valence-corrected chi connectivity index (χ4v) is 10.4. The van der Waals surface area contributed by atoms with Crippen molar-refractivity contribution in [2.45, 2.75) is 45.8 Å². The Balaban J connectivity index is 2.16. The van der Waals surface area contributed by atoms with Gasteiger partial charge in [-0.25, -0.2) is 0 Å². The van der Waals surface area contributed by atoms with Crippen molar-refractivity contribution in [3.8, 4) is 0 Å². The van der Waals surface area contributed by atoms with Crippen LogP contribution < -0.4 is 43.7 Å². The number of nitrogens with one attached hydrogen (secondary N) is 2. The van der Waals surface area contributed by atoms with E-state index >= 15 is 0 Å². The molecule has 1 unspecified atom stereocenters. The second kappa shape index (κ2) is 10.4. The van der Waals surface area contributed by atoms with Gasteiger partial charge in [0.1, 0.15) is 0 Å². The monoisotopic (exact) mass is 465 g/mol. The van der Waals surface area contributed by atoms with E-state index in [9.17, 15) is 0 Å². The Morgan fingerprint density at radius 2 is 1.03 bits per heavy atom. The first-order valence-electron chi connectivity index (χ1n) is 11.6. The van der Waals surface area contributed by atoms with Gasteiger partial charge in [-0.1, -0.05) is 0 Å². The van der Waals surface area contributed by atoms with Gasteiger partial charge in [-0.15, -0.1) is 0 Å². The first-order chi connectivity index (χ1) is 15.6. The first-order valence-corrected chi connectivity index (χ1v) is 13.8. The summed E-state index contributed by atoms with van der Waals surface area (Å²) in [5.74, 6) is 0. The van der Waals surface area contributed by atoms with Gasteiger partial charge in [0.25, 0.3) is 0 Å². The van der Waals surface area contributed by atoms with Gasteiger partial charge in [-0.3, -0.25) is 0 Å². The summed E-state index contributed by atoms with van der Waals surface area (Å²) in [6, 6.07) is 33.0. The molecule has 0 aliphatic heterocycles. The third-order valence-corrected chi connectivity index (χ3v) is 12.5. The van der Waals surface area contributed by atoms with Crippen molar-refractivity contribution >= 4 is 23.2 Å². The van der Waals surface area contributed by atoms with E-state index in [2.05, 4.69) is 129 Å². The summed E-state index contributed by atoms with van der Waals surface area (Å²) in [4.78, 5) is 0. The van der Waals surface area contributed by atoms with Crippen molar-refractivity contribution in [3.63, 3.8) is 0 Å². The van der Waals surface area contributed by atoms with Gasteiger partial charge in [0.15, 0.2) is 0 Å². The minimum absolute atomic E-state index is 0.140. The van der Waals surface area contributed by atoms with Crippen LogP contribution in [0.3, 0.4) is 0 Å². The molecule has 0 spiro atoms. The van der Waals surface area contributed by atoms with Crippen molar-refractivity contribution in [2.24, 2.45) is 22.6 Å². The van der Waals surface area contributed by atoms with E-state index < -0.39 is 19.8 Å². The molecule has 3 aromatic carbocycles. The molecule has 6 heteroatoms. The summed E-state index contributed by atoms with van der Waals surface area (Å²) in [5, 5.41) is 10.7. The topological polar surface area (TPSA) is 102 Å². The normalized spacial score (nSPS) is 14.3. The zero-order chi connectivity index (χ0) is 24.1. The van der Waals surface area contributed by atoms with Gasteiger partial charge in [-0.2, -0.15) is 0 Å². The molecule has 3 aromatic rings. The fourth-order valence-electron chi connectivity index (χ4n) is 4.69. The standard InChI is InChI=1S/C27H40N5P/c1-26(2,27(3,4)32-25(30)31-24(28)29)20-33(21-14-8-5-9-15-21,22-16-10-6-11-17-22)23-18-12-7-13-19-23/h5-19,24-25,31-33H,20,28-30H2,1-4H3. The third-order valence-electron chi connectivity index (χ3n) is 7.09. The van der Waals surface area contributed by atoms with Gasteiger partial charge in [0.2, 0.25) is 0 Å². The van der Waals surface area contributed by atoms with Crippen molar-refractivity contribution < 1.29 is 0 Å². The summed E-state index contributed by atoms with van der Waals surface area (Å²) in [5.41, 5.74) is 17.2. The molecule has 178 valence electrons. The number of hydrogen-bond acceptors (Lipinski definition) is 5. The predicted molar refractivity (Wildman–Crippen MR) is 146 cm³/mol. The van der Waals surface area contributed by atoms with Gasteiger partial charge >= 0.3 is 199 Å². The second-order valence-electron chi connectivity index (χ2n) is 10.0. The second-order valence-corrected chi connectivity index (χ2v) is 13.9. The third kappa shape index (κ3) is 5.70. The number of benzene rings is 3. The predicted octanol–water partition coefficient (Wildman–Crippen LogP) is 2.14. The van der Waals surface area contributed by atoms with Crippen LogP contribution in [-0.4, -0.2) is 24.3 Å². The van der Waals surface area contributed by atoms with Crippen LogP contribution in [0.4, 0.5) is 0 Å². The van der Waals surface area contributed by atoms with Crippen LogP contribution in [0.25, 0.3) is 0 Å². The molecular weight excluding hydrogens is 425 g/mol. The van der Waals surface area contributed by atoms with Crippen LogP contribution in [0.15, 0.2) is 91.0 Å². The quantitative estimate of drug-likeness (QED) is 0.233. The molecule has 5 nitrogen and oxygen atoms in total. The molecular formula is C27H40N5P. The maximum atomic E-state index is 6.28. The van der Waals surface area contributed by atoms with Crippen molar-refractivity contribution in [1.29, 1.82) is 0 Å².